The number of methoxy groups -OCH3 is 1. The molecule has 0 saturated carbocycles. The lowest BCUT2D eigenvalue weighted by atomic mass is 10.3. The molecule has 6 nitrogen and oxygen atoms in total. The Morgan fingerprint density at radius 3 is 2.57 bits per heavy atom. The standard InChI is InChI=1S/C16H17N3O3S/c1-22-15-5-7-16(8-6-15)23(20,21)19(11-3-9-17)13-14-4-2-10-18-12-14/h2,4-8,10,12H,3,11,13H2,1H3. The number of hydrogen-bond donors (Lipinski definition) is 0. The first-order chi connectivity index (χ1) is 11.1. The van der Waals surface area contributed by atoms with Crippen LogP contribution in [0.5, 0.6) is 5.75 Å². The molecule has 23 heavy (non-hydrogen) atoms. The molecule has 0 unspecified atom stereocenters. The molecule has 0 aliphatic rings. The van der Waals surface area contributed by atoms with Crippen molar-refractivity contribution < 1.29 is 13.2 Å². The molecule has 1 heterocycles. The number of pyridine rings is 1. The zero-order chi connectivity index (χ0) is 16.7. The summed E-state index contributed by atoms with van der Waals surface area (Å²) < 4.78 is 31.9. The van der Waals surface area contributed by atoms with E-state index in [4.69, 9.17) is 10.00 Å². The van der Waals surface area contributed by atoms with E-state index >= 15 is 0 Å². The van der Waals surface area contributed by atoms with Crippen LogP contribution in [-0.2, 0) is 16.6 Å². The monoisotopic (exact) mass is 331 g/mol. The smallest absolute Gasteiger partial charge is 0.243 e. The largest absolute Gasteiger partial charge is 0.497 e. The highest BCUT2D eigenvalue weighted by Gasteiger charge is 2.24. The summed E-state index contributed by atoms with van der Waals surface area (Å²) in [6.07, 6.45) is 3.36. The van der Waals surface area contributed by atoms with E-state index in [0.717, 1.165) is 5.56 Å². The van der Waals surface area contributed by atoms with Gasteiger partial charge in [-0.25, -0.2) is 8.42 Å². The van der Waals surface area contributed by atoms with Crippen LogP contribution in [0.15, 0.2) is 53.7 Å². The first-order valence-corrected chi connectivity index (χ1v) is 8.42. The Hall–Kier alpha value is -2.43. The molecule has 1 aromatic heterocycles. The van der Waals surface area contributed by atoms with Crippen molar-refractivity contribution in [2.75, 3.05) is 13.7 Å². The molecule has 0 radical (unpaired) electrons. The van der Waals surface area contributed by atoms with Crippen LogP contribution in [0, 0.1) is 11.3 Å². The van der Waals surface area contributed by atoms with Crippen LogP contribution in [0.4, 0.5) is 0 Å². The molecule has 0 atom stereocenters. The number of nitrogens with zero attached hydrogens (tertiary/aromatic N) is 3. The fourth-order valence-electron chi connectivity index (χ4n) is 2.05. The molecule has 7 heteroatoms. The van der Waals surface area contributed by atoms with Crippen LogP contribution >= 0.6 is 0 Å². The van der Waals surface area contributed by atoms with Crippen molar-refractivity contribution in [2.45, 2.75) is 17.9 Å². The Kier molecular flexibility index (Phi) is 5.68. The molecule has 120 valence electrons. The van der Waals surface area contributed by atoms with Crippen LogP contribution in [0.3, 0.4) is 0 Å². The maximum Gasteiger partial charge on any atom is 0.243 e. The highest BCUT2D eigenvalue weighted by Crippen LogP contribution is 2.21. The van der Waals surface area contributed by atoms with Gasteiger partial charge in [-0.3, -0.25) is 4.98 Å². The minimum atomic E-state index is -3.70. The molecule has 2 rings (SSSR count). The third-order valence-electron chi connectivity index (χ3n) is 3.25. The van der Waals surface area contributed by atoms with Gasteiger partial charge in [-0.2, -0.15) is 9.57 Å². The number of aromatic nitrogens is 1. The van der Waals surface area contributed by atoms with Crippen molar-refractivity contribution in [3.8, 4) is 11.8 Å². The van der Waals surface area contributed by atoms with Gasteiger partial charge in [0.1, 0.15) is 5.75 Å². The molecule has 0 aliphatic heterocycles. The first-order valence-electron chi connectivity index (χ1n) is 6.98. The van der Waals surface area contributed by atoms with Gasteiger partial charge in [-0.05, 0) is 35.9 Å². The topological polar surface area (TPSA) is 83.3 Å². The summed E-state index contributed by atoms with van der Waals surface area (Å²) in [6.45, 7) is 0.295. The third-order valence-corrected chi connectivity index (χ3v) is 5.11. The minimum absolute atomic E-state index is 0.121. The van der Waals surface area contributed by atoms with E-state index in [-0.39, 0.29) is 24.4 Å². The predicted octanol–water partition coefficient (Wildman–Crippen LogP) is 2.19. The van der Waals surface area contributed by atoms with E-state index in [1.54, 1.807) is 36.7 Å². The lowest BCUT2D eigenvalue weighted by Gasteiger charge is -2.21. The summed E-state index contributed by atoms with van der Waals surface area (Å²) in [7, 11) is -2.18. The normalized spacial score (nSPS) is 11.2. The van der Waals surface area contributed by atoms with Crippen LogP contribution < -0.4 is 4.74 Å². The Labute approximate surface area is 136 Å². The molecule has 0 amide bonds. The van der Waals surface area contributed by atoms with E-state index in [0.29, 0.717) is 5.75 Å². The molecule has 1 aromatic carbocycles. The third kappa shape index (κ3) is 4.28. The van der Waals surface area contributed by atoms with Gasteiger partial charge in [0.15, 0.2) is 0 Å². The van der Waals surface area contributed by atoms with Crippen LogP contribution in [0.25, 0.3) is 0 Å². The van der Waals surface area contributed by atoms with Crippen molar-refractivity contribution in [1.29, 1.82) is 5.26 Å². The van der Waals surface area contributed by atoms with E-state index in [1.165, 1.54) is 23.5 Å². The summed E-state index contributed by atoms with van der Waals surface area (Å²) in [5.74, 6) is 0.583. The minimum Gasteiger partial charge on any atom is -0.497 e. The summed E-state index contributed by atoms with van der Waals surface area (Å²) >= 11 is 0. The lowest BCUT2D eigenvalue weighted by Crippen LogP contribution is -2.31. The molecular formula is C16H17N3O3S. The predicted molar refractivity (Wildman–Crippen MR) is 85.1 cm³/mol. The molecule has 2 aromatic rings. The second kappa shape index (κ2) is 7.72. The van der Waals surface area contributed by atoms with Gasteiger partial charge in [0.2, 0.25) is 10.0 Å². The molecule has 0 bridgehead atoms. The highest BCUT2D eigenvalue weighted by molar-refractivity contribution is 7.89. The van der Waals surface area contributed by atoms with E-state index in [2.05, 4.69) is 4.98 Å². The molecule has 0 fully saturated rings. The van der Waals surface area contributed by atoms with E-state index in [9.17, 15) is 8.42 Å². The Morgan fingerprint density at radius 1 is 1.26 bits per heavy atom. The second-order valence-corrected chi connectivity index (χ2v) is 6.72. The van der Waals surface area contributed by atoms with Gasteiger partial charge >= 0.3 is 0 Å². The second-order valence-electron chi connectivity index (χ2n) is 4.78. The molecule has 0 spiro atoms. The number of ether oxygens (including phenoxy) is 1. The van der Waals surface area contributed by atoms with Gasteiger partial charge in [-0.1, -0.05) is 6.07 Å². The van der Waals surface area contributed by atoms with E-state index in [1.807, 2.05) is 6.07 Å². The average Bonchev–Trinajstić information content (AvgIpc) is 2.59. The number of sulfonamides is 1. The van der Waals surface area contributed by atoms with Crippen LogP contribution in [0.1, 0.15) is 12.0 Å². The van der Waals surface area contributed by atoms with Gasteiger partial charge in [0, 0.05) is 31.9 Å². The maximum atomic E-state index is 12.8. The van der Waals surface area contributed by atoms with E-state index < -0.39 is 10.0 Å². The van der Waals surface area contributed by atoms with Crippen LogP contribution in [-0.4, -0.2) is 31.4 Å². The average molecular weight is 331 g/mol. The van der Waals surface area contributed by atoms with Crippen molar-refractivity contribution in [3.63, 3.8) is 0 Å². The SMILES string of the molecule is COc1ccc(S(=O)(=O)N(CCC#N)Cc2cccnc2)cc1. The van der Waals surface area contributed by atoms with Crippen molar-refractivity contribution in [2.24, 2.45) is 0 Å². The molecule has 0 saturated heterocycles. The van der Waals surface area contributed by atoms with Crippen molar-refractivity contribution in [3.05, 3.63) is 54.4 Å². The Morgan fingerprint density at radius 2 is 2.00 bits per heavy atom. The summed E-state index contributed by atoms with van der Waals surface area (Å²) in [5.41, 5.74) is 0.766. The van der Waals surface area contributed by atoms with Crippen molar-refractivity contribution in [1.82, 2.24) is 9.29 Å². The summed E-state index contributed by atoms with van der Waals surface area (Å²) in [5, 5.41) is 8.79. The Balaban J connectivity index is 2.30. The van der Waals surface area contributed by atoms with Gasteiger partial charge < -0.3 is 4.74 Å². The first kappa shape index (κ1) is 16.9. The number of rotatable bonds is 7. The summed E-state index contributed by atoms with van der Waals surface area (Å²) in [4.78, 5) is 4.16. The Bertz CT molecular complexity index is 768. The number of hydrogen-bond acceptors (Lipinski definition) is 5. The zero-order valence-corrected chi connectivity index (χ0v) is 13.5. The van der Waals surface area contributed by atoms with Gasteiger partial charge in [-0.15, -0.1) is 0 Å². The maximum absolute atomic E-state index is 12.8. The summed E-state index contributed by atoms with van der Waals surface area (Å²) in [6, 6.07) is 11.7. The fraction of sp³-hybridized carbons (Fsp3) is 0.250. The van der Waals surface area contributed by atoms with Crippen molar-refractivity contribution >= 4 is 10.0 Å². The van der Waals surface area contributed by atoms with Gasteiger partial charge in [0.25, 0.3) is 0 Å². The molecular weight excluding hydrogens is 314 g/mol. The molecule has 0 aliphatic carbocycles. The lowest BCUT2D eigenvalue weighted by molar-refractivity contribution is 0.410. The fourth-order valence-corrected chi connectivity index (χ4v) is 3.48. The number of nitriles is 1. The quantitative estimate of drug-likeness (QED) is 0.776. The number of benzene rings is 1. The van der Waals surface area contributed by atoms with Gasteiger partial charge in [0.05, 0.1) is 18.1 Å². The van der Waals surface area contributed by atoms with Crippen LogP contribution in [0.2, 0.25) is 0 Å². The molecule has 0 N–H and O–H groups in total. The highest BCUT2D eigenvalue weighted by atomic mass is 32.2. The zero-order valence-electron chi connectivity index (χ0n) is 12.7.